The molecule has 0 aromatic heterocycles. The summed E-state index contributed by atoms with van der Waals surface area (Å²) in [6, 6.07) is 17.4. The van der Waals surface area contributed by atoms with Crippen molar-refractivity contribution < 1.29 is 27.2 Å². The highest BCUT2D eigenvalue weighted by Gasteiger charge is 2.33. The van der Waals surface area contributed by atoms with E-state index < -0.39 is 15.2 Å². The van der Waals surface area contributed by atoms with Crippen LogP contribution in [0.4, 0.5) is 0 Å². The Labute approximate surface area is 141 Å². The van der Waals surface area contributed by atoms with Crippen LogP contribution >= 0.6 is 15.2 Å². The topological polar surface area (TPSA) is 71.1 Å². The first-order chi connectivity index (χ1) is 11.5. The molecule has 0 saturated carbocycles. The zero-order chi connectivity index (χ0) is 17.5. The van der Waals surface area contributed by atoms with Gasteiger partial charge in [0.2, 0.25) is 0 Å². The van der Waals surface area contributed by atoms with Crippen molar-refractivity contribution in [1.29, 1.82) is 0 Å². The minimum Gasteiger partial charge on any atom is -0.416 e. The highest BCUT2D eigenvalue weighted by atomic mass is 31.2. The second-order valence-electron chi connectivity index (χ2n) is 4.84. The number of benzene rings is 2. The quantitative estimate of drug-likeness (QED) is 0.589. The molecule has 6 nitrogen and oxygen atoms in total. The molecule has 24 heavy (non-hydrogen) atoms. The third-order valence-electron chi connectivity index (χ3n) is 3.18. The largest absolute Gasteiger partial charge is 0.431 e. The van der Waals surface area contributed by atoms with Gasteiger partial charge in [-0.2, -0.15) is 0 Å². The van der Waals surface area contributed by atoms with E-state index in [1.54, 1.807) is 48.5 Å². The van der Waals surface area contributed by atoms with Gasteiger partial charge in [0.25, 0.3) is 0 Å². The Morgan fingerprint density at radius 2 is 1.04 bits per heavy atom. The molecule has 0 saturated heterocycles. The standard InChI is InChI=1S/C16H20O6P2/c1-19-23(17,20-2)13-14-24(18,21-15-9-5-3-6-10-15)22-16-11-7-4-8-12-16/h3-12H,13-14H2,1-2H3. The van der Waals surface area contributed by atoms with E-state index in [9.17, 15) is 9.13 Å². The second kappa shape index (κ2) is 8.50. The second-order valence-corrected chi connectivity index (χ2v) is 9.28. The van der Waals surface area contributed by atoms with Gasteiger partial charge in [-0.25, -0.2) is 4.57 Å². The molecule has 2 rings (SSSR count). The average molecular weight is 370 g/mol. The fourth-order valence-electron chi connectivity index (χ4n) is 1.90. The summed E-state index contributed by atoms with van der Waals surface area (Å²) in [5, 5.41) is 0. The molecule has 0 fully saturated rings. The Bertz CT molecular complexity index is 666. The van der Waals surface area contributed by atoms with Crippen LogP contribution in [0.5, 0.6) is 11.5 Å². The van der Waals surface area contributed by atoms with E-state index in [1.807, 2.05) is 12.1 Å². The zero-order valence-electron chi connectivity index (χ0n) is 13.5. The summed E-state index contributed by atoms with van der Waals surface area (Å²) in [4.78, 5) is 0. The number of rotatable bonds is 9. The van der Waals surface area contributed by atoms with E-state index in [1.165, 1.54) is 14.2 Å². The lowest BCUT2D eigenvalue weighted by Crippen LogP contribution is -2.09. The molecule has 2 aromatic rings. The summed E-state index contributed by atoms with van der Waals surface area (Å²) in [7, 11) is -4.37. The molecule has 0 aliphatic rings. The molecular formula is C16H20O6P2. The molecule has 0 aliphatic carbocycles. The van der Waals surface area contributed by atoms with Gasteiger partial charge in [0.15, 0.2) is 0 Å². The summed E-state index contributed by atoms with van der Waals surface area (Å²) in [6.07, 6.45) is -0.202. The van der Waals surface area contributed by atoms with Gasteiger partial charge in [0.1, 0.15) is 11.5 Å². The normalized spacial score (nSPS) is 11.9. The van der Waals surface area contributed by atoms with Crippen molar-refractivity contribution in [2.75, 3.05) is 26.5 Å². The van der Waals surface area contributed by atoms with Crippen molar-refractivity contribution in [3.8, 4) is 11.5 Å². The van der Waals surface area contributed by atoms with Gasteiger partial charge in [-0.15, -0.1) is 0 Å². The summed E-state index contributed by atoms with van der Waals surface area (Å²) < 4.78 is 46.3. The molecule has 0 amide bonds. The monoisotopic (exact) mass is 370 g/mol. The molecule has 0 unspecified atom stereocenters. The van der Waals surface area contributed by atoms with Gasteiger partial charge in [0.05, 0.1) is 12.3 Å². The third-order valence-corrected chi connectivity index (χ3v) is 7.17. The summed E-state index contributed by atoms with van der Waals surface area (Å²) in [5.74, 6) is 0.808. The predicted molar refractivity (Wildman–Crippen MR) is 93.1 cm³/mol. The van der Waals surface area contributed by atoms with Gasteiger partial charge in [-0.3, -0.25) is 4.57 Å². The fraction of sp³-hybridized carbons (Fsp3) is 0.250. The van der Waals surface area contributed by atoms with Gasteiger partial charge in [-0.05, 0) is 24.3 Å². The molecule has 0 bridgehead atoms. The van der Waals surface area contributed by atoms with Crippen LogP contribution in [-0.2, 0) is 18.2 Å². The number of hydrogen-bond acceptors (Lipinski definition) is 6. The van der Waals surface area contributed by atoms with Crippen LogP contribution in [0, 0.1) is 0 Å². The lowest BCUT2D eigenvalue weighted by Gasteiger charge is -2.21. The van der Waals surface area contributed by atoms with Gasteiger partial charge < -0.3 is 18.1 Å². The van der Waals surface area contributed by atoms with Crippen LogP contribution in [-0.4, -0.2) is 26.5 Å². The molecule has 0 N–H and O–H groups in total. The van der Waals surface area contributed by atoms with Crippen molar-refractivity contribution in [1.82, 2.24) is 0 Å². The first-order valence-electron chi connectivity index (χ1n) is 7.27. The Morgan fingerprint density at radius 3 is 1.42 bits per heavy atom. The van der Waals surface area contributed by atoms with E-state index >= 15 is 0 Å². The van der Waals surface area contributed by atoms with Gasteiger partial charge in [-0.1, -0.05) is 36.4 Å². The van der Waals surface area contributed by atoms with Crippen molar-refractivity contribution in [2.24, 2.45) is 0 Å². The highest BCUT2D eigenvalue weighted by molar-refractivity contribution is 7.58. The Morgan fingerprint density at radius 1 is 0.667 bits per heavy atom. The van der Waals surface area contributed by atoms with E-state index in [4.69, 9.17) is 18.1 Å². The van der Waals surface area contributed by atoms with Crippen LogP contribution in [0.2, 0.25) is 0 Å². The molecule has 0 spiro atoms. The maximum absolute atomic E-state index is 13.2. The highest BCUT2D eigenvalue weighted by Crippen LogP contribution is 2.54. The van der Waals surface area contributed by atoms with E-state index in [-0.39, 0.29) is 12.3 Å². The minimum absolute atomic E-state index is 0.0864. The van der Waals surface area contributed by atoms with Crippen LogP contribution in [0.15, 0.2) is 60.7 Å². The van der Waals surface area contributed by atoms with Crippen LogP contribution in [0.25, 0.3) is 0 Å². The molecule has 2 aromatic carbocycles. The lowest BCUT2D eigenvalue weighted by molar-refractivity contribution is 0.276. The Kier molecular flexibility index (Phi) is 6.64. The maximum atomic E-state index is 13.2. The van der Waals surface area contributed by atoms with E-state index in [0.29, 0.717) is 11.5 Å². The first-order valence-corrected chi connectivity index (χ1v) is 10.7. The maximum Gasteiger partial charge on any atom is 0.431 e. The third kappa shape index (κ3) is 5.50. The van der Waals surface area contributed by atoms with E-state index in [0.717, 1.165) is 0 Å². The van der Waals surface area contributed by atoms with Crippen LogP contribution < -0.4 is 9.05 Å². The minimum atomic E-state index is -3.62. The lowest BCUT2D eigenvalue weighted by atomic mass is 10.3. The predicted octanol–water partition coefficient (Wildman–Crippen LogP) is 4.82. The van der Waals surface area contributed by atoms with Crippen molar-refractivity contribution in [3.63, 3.8) is 0 Å². The average Bonchev–Trinajstić information content (AvgIpc) is 2.61. The van der Waals surface area contributed by atoms with Crippen molar-refractivity contribution in [3.05, 3.63) is 60.7 Å². The first kappa shape index (κ1) is 18.8. The number of hydrogen-bond donors (Lipinski definition) is 0. The Hall–Kier alpha value is -1.58. The number of para-hydroxylation sites is 2. The summed E-state index contributed by atoms with van der Waals surface area (Å²) in [5.41, 5.74) is 0. The molecule has 0 heterocycles. The Balaban J connectivity index is 2.20. The summed E-state index contributed by atoms with van der Waals surface area (Å²) >= 11 is 0. The SMILES string of the molecule is COP(=O)(CCP(=O)(Oc1ccccc1)Oc1ccccc1)OC. The zero-order valence-corrected chi connectivity index (χ0v) is 15.3. The fourth-order valence-corrected chi connectivity index (χ4v) is 5.48. The van der Waals surface area contributed by atoms with Gasteiger partial charge in [0, 0.05) is 14.2 Å². The smallest absolute Gasteiger partial charge is 0.416 e. The van der Waals surface area contributed by atoms with Gasteiger partial charge >= 0.3 is 15.2 Å². The van der Waals surface area contributed by atoms with Crippen molar-refractivity contribution in [2.45, 2.75) is 0 Å². The molecule has 8 heteroatoms. The van der Waals surface area contributed by atoms with E-state index in [2.05, 4.69) is 0 Å². The molecule has 0 atom stereocenters. The van der Waals surface area contributed by atoms with Crippen molar-refractivity contribution >= 4 is 15.2 Å². The molecule has 0 radical (unpaired) electrons. The van der Waals surface area contributed by atoms with Crippen LogP contribution in [0.3, 0.4) is 0 Å². The molecule has 130 valence electrons. The summed E-state index contributed by atoms with van der Waals surface area (Å²) in [6.45, 7) is 0. The molecule has 0 aliphatic heterocycles. The van der Waals surface area contributed by atoms with Crippen LogP contribution in [0.1, 0.15) is 0 Å². The molecular weight excluding hydrogens is 350 g/mol.